The van der Waals surface area contributed by atoms with Crippen LogP contribution in [0.4, 0.5) is 4.79 Å². The topological polar surface area (TPSA) is 76.4 Å². The number of nitrogens with one attached hydrogen (secondary N) is 1. The van der Waals surface area contributed by atoms with Gasteiger partial charge in [-0.1, -0.05) is 0 Å². The lowest BCUT2D eigenvalue weighted by Gasteiger charge is -2.41. The third-order valence-corrected chi connectivity index (χ3v) is 3.33. The van der Waals surface area contributed by atoms with Gasteiger partial charge in [0.15, 0.2) is 0 Å². The zero-order chi connectivity index (χ0) is 11.9. The second-order valence-corrected chi connectivity index (χ2v) is 4.61. The van der Waals surface area contributed by atoms with Gasteiger partial charge in [-0.05, 0) is 22.9 Å². The highest BCUT2D eigenvalue weighted by Crippen LogP contribution is 2.34. The minimum atomic E-state index is -1.06. The van der Waals surface area contributed by atoms with Crippen LogP contribution in [0.25, 0.3) is 0 Å². The smallest absolute Gasteiger partial charge is 0.405 e. The van der Waals surface area contributed by atoms with Crippen LogP contribution in [0.3, 0.4) is 0 Å². The Morgan fingerprint density at radius 3 is 2.62 bits per heavy atom. The first-order valence-electron chi connectivity index (χ1n) is 4.74. The molecule has 1 fully saturated rings. The molecule has 0 unspecified atom stereocenters. The number of aromatic nitrogens is 2. The normalized spacial score (nSPS) is 17.9. The fourth-order valence-corrected chi connectivity index (χ4v) is 2.77. The minimum Gasteiger partial charge on any atom is -0.465 e. The Bertz CT molecular complexity index is 439. The minimum absolute atomic E-state index is 0.330. The van der Waals surface area contributed by atoms with E-state index in [9.17, 15) is 4.79 Å². The quantitative estimate of drug-likeness (QED) is 0.851. The Morgan fingerprint density at radius 1 is 1.69 bits per heavy atom. The fraction of sp³-hybridized carbons (Fsp3) is 0.556. The summed E-state index contributed by atoms with van der Waals surface area (Å²) in [7, 11) is 1.85. The molecule has 0 aliphatic carbocycles. The average Bonchev–Trinajstić information content (AvgIpc) is 2.35. The third-order valence-electron chi connectivity index (χ3n) is 2.77. The molecule has 0 radical (unpaired) electrons. The van der Waals surface area contributed by atoms with E-state index in [0.717, 1.165) is 11.5 Å². The highest BCUT2D eigenvalue weighted by molar-refractivity contribution is 9.10. The van der Waals surface area contributed by atoms with Crippen molar-refractivity contribution in [2.75, 3.05) is 13.2 Å². The van der Waals surface area contributed by atoms with Crippen LogP contribution in [0.15, 0.2) is 4.60 Å². The first-order valence-corrected chi connectivity index (χ1v) is 5.54. The molecule has 88 valence electrons. The summed E-state index contributed by atoms with van der Waals surface area (Å²) in [5, 5.41) is 11.4. The van der Waals surface area contributed by atoms with Crippen molar-refractivity contribution in [1.82, 2.24) is 14.9 Å². The molecule has 2 rings (SSSR count). The lowest BCUT2D eigenvalue weighted by molar-refractivity contribution is -0.0782. The van der Waals surface area contributed by atoms with Crippen LogP contribution >= 0.6 is 15.9 Å². The maximum Gasteiger partial charge on any atom is 0.405 e. The summed E-state index contributed by atoms with van der Waals surface area (Å²) >= 11 is 3.35. The van der Waals surface area contributed by atoms with Crippen LogP contribution in [-0.4, -0.2) is 34.0 Å². The lowest BCUT2D eigenvalue weighted by Crippen LogP contribution is -2.60. The highest BCUT2D eigenvalue weighted by atomic mass is 79.9. The molecule has 0 saturated carbocycles. The zero-order valence-electron chi connectivity index (χ0n) is 8.95. The molecule has 1 amide bonds. The van der Waals surface area contributed by atoms with E-state index in [1.54, 1.807) is 0 Å². The second-order valence-electron chi connectivity index (χ2n) is 3.86. The monoisotopic (exact) mass is 289 g/mol. The molecule has 1 aromatic heterocycles. The maximum absolute atomic E-state index is 10.8. The van der Waals surface area contributed by atoms with Crippen LogP contribution in [0.5, 0.6) is 0 Å². The molecule has 6 nitrogen and oxygen atoms in total. The van der Waals surface area contributed by atoms with Gasteiger partial charge in [0.1, 0.15) is 16.0 Å². The average molecular weight is 290 g/mol. The van der Waals surface area contributed by atoms with E-state index in [4.69, 9.17) is 9.84 Å². The molecule has 1 saturated heterocycles. The number of rotatable bonds is 2. The van der Waals surface area contributed by atoms with Gasteiger partial charge in [0.2, 0.25) is 0 Å². The molecule has 1 aliphatic heterocycles. The van der Waals surface area contributed by atoms with Crippen molar-refractivity contribution in [3.05, 3.63) is 16.1 Å². The van der Waals surface area contributed by atoms with E-state index in [1.165, 1.54) is 0 Å². The van der Waals surface area contributed by atoms with Gasteiger partial charge in [0.25, 0.3) is 0 Å². The summed E-state index contributed by atoms with van der Waals surface area (Å²) in [6, 6.07) is 0. The SMILES string of the molecule is Cc1nc(Br)c(C2(NC(=O)O)COC2)n1C. The number of imidazole rings is 1. The van der Waals surface area contributed by atoms with Gasteiger partial charge in [0.05, 0.1) is 18.9 Å². The largest absolute Gasteiger partial charge is 0.465 e. The number of ether oxygens (including phenoxy) is 1. The van der Waals surface area contributed by atoms with E-state index >= 15 is 0 Å². The summed E-state index contributed by atoms with van der Waals surface area (Å²) in [6.07, 6.45) is -1.06. The van der Waals surface area contributed by atoms with Crippen LogP contribution in [-0.2, 0) is 17.3 Å². The van der Waals surface area contributed by atoms with Crippen molar-refractivity contribution >= 4 is 22.0 Å². The van der Waals surface area contributed by atoms with E-state index in [2.05, 4.69) is 26.2 Å². The van der Waals surface area contributed by atoms with Gasteiger partial charge in [-0.25, -0.2) is 9.78 Å². The Balaban J connectivity index is 2.44. The lowest BCUT2D eigenvalue weighted by atomic mass is 9.93. The molecular formula is C9H12BrN3O3. The molecule has 2 heterocycles. The van der Waals surface area contributed by atoms with E-state index in [1.807, 2.05) is 18.5 Å². The van der Waals surface area contributed by atoms with Crippen molar-refractivity contribution in [3.63, 3.8) is 0 Å². The first kappa shape index (κ1) is 11.4. The highest BCUT2D eigenvalue weighted by Gasteiger charge is 2.46. The van der Waals surface area contributed by atoms with Gasteiger partial charge < -0.3 is 19.7 Å². The molecule has 0 atom stereocenters. The number of hydrogen-bond acceptors (Lipinski definition) is 3. The summed E-state index contributed by atoms with van der Waals surface area (Å²) < 4.78 is 7.65. The van der Waals surface area contributed by atoms with Crippen molar-refractivity contribution in [3.8, 4) is 0 Å². The standard InChI is InChI=1S/C9H12BrN3O3/c1-5-11-7(10)6(13(5)2)9(3-16-4-9)12-8(14)15/h12H,3-4H2,1-2H3,(H,14,15). The van der Waals surface area contributed by atoms with E-state index in [0.29, 0.717) is 17.8 Å². The molecule has 16 heavy (non-hydrogen) atoms. The molecule has 0 spiro atoms. The summed E-state index contributed by atoms with van der Waals surface area (Å²) in [6.45, 7) is 2.52. The molecule has 1 aromatic rings. The van der Waals surface area contributed by atoms with Crippen molar-refractivity contribution < 1.29 is 14.6 Å². The second kappa shape index (κ2) is 3.74. The van der Waals surface area contributed by atoms with Gasteiger partial charge in [-0.3, -0.25) is 0 Å². The third kappa shape index (κ3) is 1.60. The molecule has 1 aliphatic rings. The summed E-state index contributed by atoms with van der Waals surface area (Å²) in [4.78, 5) is 15.1. The molecular weight excluding hydrogens is 278 g/mol. The Hall–Kier alpha value is -1.08. The summed E-state index contributed by atoms with van der Waals surface area (Å²) in [5.74, 6) is 0.820. The zero-order valence-corrected chi connectivity index (χ0v) is 10.5. The van der Waals surface area contributed by atoms with Crippen molar-refractivity contribution in [2.24, 2.45) is 7.05 Å². The van der Waals surface area contributed by atoms with Crippen LogP contribution in [0.1, 0.15) is 11.5 Å². The van der Waals surface area contributed by atoms with Gasteiger partial charge in [-0.2, -0.15) is 0 Å². The number of amides is 1. The molecule has 0 aromatic carbocycles. The number of nitrogens with zero attached hydrogens (tertiary/aromatic N) is 2. The fourth-order valence-electron chi connectivity index (χ4n) is 1.87. The number of hydrogen-bond donors (Lipinski definition) is 2. The maximum atomic E-state index is 10.8. The van der Waals surface area contributed by atoms with E-state index in [-0.39, 0.29) is 0 Å². The van der Waals surface area contributed by atoms with Crippen LogP contribution < -0.4 is 5.32 Å². The van der Waals surface area contributed by atoms with Gasteiger partial charge in [-0.15, -0.1) is 0 Å². The Labute approximate surface area is 101 Å². The van der Waals surface area contributed by atoms with Crippen molar-refractivity contribution in [1.29, 1.82) is 0 Å². The number of carbonyl (C=O) groups is 1. The number of aryl methyl sites for hydroxylation is 1. The van der Waals surface area contributed by atoms with Crippen LogP contribution in [0, 0.1) is 6.92 Å². The molecule has 7 heteroatoms. The first-order chi connectivity index (χ1) is 7.46. The molecule has 2 N–H and O–H groups in total. The predicted octanol–water partition coefficient (Wildman–Crippen LogP) is 0.984. The van der Waals surface area contributed by atoms with Crippen LogP contribution in [0.2, 0.25) is 0 Å². The molecule has 0 bridgehead atoms. The van der Waals surface area contributed by atoms with Crippen molar-refractivity contribution in [2.45, 2.75) is 12.5 Å². The Kier molecular flexibility index (Phi) is 2.67. The number of carboxylic acid groups (broad SMARTS) is 1. The Morgan fingerprint density at radius 2 is 2.31 bits per heavy atom. The predicted molar refractivity (Wildman–Crippen MR) is 59.3 cm³/mol. The van der Waals surface area contributed by atoms with Gasteiger partial charge in [0, 0.05) is 7.05 Å². The van der Waals surface area contributed by atoms with Gasteiger partial charge >= 0.3 is 6.09 Å². The number of halogens is 1. The van der Waals surface area contributed by atoms with E-state index < -0.39 is 11.6 Å². The summed E-state index contributed by atoms with van der Waals surface area (Å²) in [5.41, 5.74) is 0.124.